The summed E-state index contributed by atoms with van der Waals surface area (Å²) in [7, 11) is 0. The van der Waals surface area contributed by atoms with Crippen molar-refractivity contribution >= 4 is 11.6 Å². The maximum Gasteiger partial charge on any atom is 0.142 e. The molecule has 0 aliphatic carbocycles. The third-order valence-corrected chi connectivity index (χ3v) is 3.90. The number of likely N-dealkylation sites (tertiary alicyclic amines) is 1. The Hall–Kier alpha value is -1.24. The topological polar surface area (TPSA) is 36.3 Å². The van der Waals surface area contributed by atoms with Crippen LogP contribution in [0.4, 0.5) is 0 Å². The zero-order valence-corrected chi connectivity index (χ0v) is 12.4. The highest BCUT2D eigenvalue weighted by Gasteiger charge is 2.34. The molecule has 1 aromatic rings. The van der Waals surface area contributed by atoms with Gasteiger partial charge in [0.25, 0.3) is 0 Å². The van der Waals surface area contributed by atoms with Crippen LogP contribution in [0, 0.1) is 11.3 Å². The largest absolute Gasteiger partial charge is 0.492 e. The summed E-state index contributed by atoms with van der Waals surface area (Å²) in [6.45, 7) is 8.79. The summed E-state index contributed by atoms with van der Waals surface area (Å²) in [5.41, 5.74) is 1.66. The average molecular weight is 279 g/mol. The second-order valence-electron chi connectivity index (χ2n) is 5.13. The van der Waals surface area contributed by atoms with Gasteiger partial charge in [0.15, 0.2) is 0 Å². The molecule has 0 saturated carbocycles. The molecule has 0 amide bonds. The van der Waals surface area contributed by atoms with Crippen molar-refractivity contribution in [3.05, 3.63) is 28.3 Å². The van der Waals surface area contributed by atoms with Crippen molar-refractivity contribution in [1.82, 2.24) is 4.90 Å². The Morgan fingerprint density at radius 2 is 2.16 bits per heavy atom. The summed E-state index contributed by atoms with van der Waals surface area (Å²) in [5, 5.41) is 9.88. The zero-order chi connectivity index (χ0) is 14.0. The lowest BCUT2D eigenvalue weighted by atomic mass is 9.86. The first-order chi connectivity index (χ1) is 9.08. The fourth-order valence-electron chi connectivity index (χ4n) is 2.48. The molecule has 1 aliphatic heterocycles. The highest BCUT2D eigenvalue weighted by atomic mass is 35.5. The maximum absolute atomic E-state index is 9.28. The van der Waals surface area contributed by atoms with E-state index in [2.05, 4.69) is 24.8 Å². The first-order valence-electron chi connectivity index (χ1n) is 6.67. The van der Waals surface area contributed by atoms with E-state index >= 15 is 0 Å². The Labute approximate surface area is 119 Å². The monoisotopic (exact) mass is 278 g/mol. The molecule has 0 aromatic heterocycles. The maximum atomic E-state index is 9.28. The van der Waals surface area contributed by atoms with Gasteiger partial charge in [-0.15, -0.1) is 0 Å². The van der Waals surface area contributed by atoms with Gasteiger partial charge < -0.3 is 4.74 Å². The zero-order valence-electron chi connectivity index (χ0n) is 11.6. The van der Waals surface area contributed by atoms with Gasteiger partial charge in [0, 0.05) is 30.6 Å². The van der Waals surface area contributed by atoms with Crippen LogP contribution in [-0.2, 0) is 0 Å². The van der Waals surface area contributed by atoms with Crippen molar-refractivity contribution in [3.8, 4) is 11.8 Å². The van der Waals surface area contributed by atoms with Crippen molar-refractivity contribution < 1.29 is 4.74 Å². The summed E-state index contributed by atoms with van der Waals surface area (Å²) in [6, 6.07) is 6.33. The molecule has 2 rings (SSSR count). The Balaban J connectivity index is 2.33. The van der Waals surface area contributed by atoms with Gasteiger partial charge in [-0.05, 0) is 32.9 Å². The molecule has 1 aliphatic rings. The molecule has 0 radical (unpaired) electrons. The van der Waals surface area contributed by atoms with Crippen molar-refractivity contribution in [3.63, 3.8) is 0 Å². The number of benzene rings is 1. The molecule has 0 atom stereocenters. The summed E-state index contributed by atoms with van der Waals surface area (Å²) < 4.78 is 5.66. The van der Waals surface area contributed by atoms with Crippen LogP contribution in [-0.4, -0.2) is 30.6 Å². The summed E-state index contributed by atoms with van der Waals surface area (Å²) in [4.78, 5) is 2.38. The average Bonchev–Trinajstić information content (AvgIpc) is 2.31. The summed E-state index contributed by atoms with van der Waals surface area (Å²) >= 11 is 6.21. The molecular weight excluding hydrogens is 260 g/mol. The molecule has 1 heterocycles. The molecule has 0 spiro atoms. The van der Waals surface area contributed by atoms with Crippen molar-refractivity contribution in [2.75, 3.05) is 19.7 Å². The van der Waals surface area contributed by atoms with E-state index in [1.165, 1.54) is 0 Å². The molecule has 3 nitrogen and oxygen atoms in total. The first kappa shape index (κ1) is 14.2. The Morgan fingerprint density at radius 3 is 2.68 bits per heavy atom. The predicted molar refractivity (Wildman–Crippen MR) is 76.8 cm³/mol. The Kier molecular flexibility index (Phi) is 4.34. The molecule has 0 N–H and O–H groups in total. The van der Waals surface area contributed by atoms with Crippen LogP contribution in [0.5, 0.6) is 5.75 Å². The highest BCUT2D eigenvalue weighted by molar-refractivity contribution is 6.32. The molecule has 1 aromatic carbocycles. The first-order valence-corrected chi connectivity index (χ1v) is 7.05. The lowest BCUT2D eigenvalue weighted by Gasteiger charge is -2.43. The summed E-state index contributed by atoms with van der Waals surface area (Å²) in [6.07, 6.45) is 0. The van der Waals surface area contributed by atoms with E-state index in [0.717, 1.165) is 18.7 Å². The fourth-order valence-corrected chi connectivity index (χ4v) is 2.70. The number of ether oxygens (including phenoxy) is 1. The van der Waals surface area contributed by atoms with Gasteiger partial charge in [0.1, 0.15) is 5.75 Å². The van der Waals surface area contributed by atoms with Gasteiger partial charge in [0.2, 0.25) is 0 Å². The Bertz CT molecular complexity index is 502. The normalized spacial score (nSPS) is 16.2. The van der Waals surface area contributed by atoms with Gasteiger partial charge in [-0.25, -0.2) is 0 Å². The lowest BCUT2D eigenvalue weighted by Crippen LogP contribution is -2.48. The van der Waals surface area contributed by atoms with E-state index in [-0.39, 0.29) is 0 Å². The van der Waals surface area contributed by atoms with Crippen LogP contribution in [0.3, 0.4) is 0 Å². The molecule has 0 unspecified atom stereocenters. The number of nitriles is 1. The van der Waals surface area contributed by atoms with Gasteiger partial charge in [0.05, 0.1) is 23.3 Å². The summed E-state index contributed by atoms with van der Waals surface area (Å²) in [5.74, 6) is 1.04. The second kappa shape index (κ2) is 5.81. The SMILES string of the molecule is CCOc1c(Cl)ccc(C#N)c1C1CN(C(C)C)C1. The molecular formula is C15H19ClN2O. The highest BCUT2D eigenvalue weighted by Crippen LogP contribution is 2.40. The number of halogens is 1. The van der Waals surface area contributed by atoms with Gasteiger partial charge in [-0.2, -0.15) is 5.26 Å². The van der Waals surface area contributed by atoms with E-state index in [1.807, 2.05) is 6.92 Å². The van der Waals surface area contributed by atoms with Gasteiger partial charge in [-0.1, -0.05) is 11.6 Å². The third-order valence-electron chi connectivity index (χ3n) is 3.61. The van der Waals surface area contributed by atoms with E-state index in [9.17, 15) is 5.26 Å². The third kappa shape index (κ3) is 2.70. The van der Waals surface area contributed by atoms with Crippen LogP contribution < -0.4 is 4.74 Å². The second-order valence-corrected chi connectivity index (χ2v) is 5.53. The predicted octanol–water partition coefficient (Wildman–Crippen LogP) is 3.42. The van der Waals surface area contributed by atoms with Gasteiger partial charge in [-0.3, -0.25) is 4.90 Å². The van der Waals surface area contributed by atoms with Crippen LogP contribution in [0.2, 0.25) is 5.02 Å². The minimum Gasteiger partial charge on any atom is -0.492 e. The van der Waals surface area contributed by atoms with Crippen LogP contribution in [0.1, 0.15) is 37.8 Å². The number of hydrogen-bond donors (Lipinski definition) is 0. The molecule has 102 valence electrons. The standard InChI is InChI=1S/C15H19ClN2O/c1-4-19-15-13(16)6-5-11(7-17)14(15)12-8-18(9-12)10(2)3/h5-6,10,12H,4,8-9H2,1-3H3. The molecule has 4 heteroatoms. The molecule has 19 heavy (non-hydrogen) atoms. The van der Waals surface area contributed by atoms with Gasteiger partial charge >= 0.3 is 0 Å². The number of nitrogens with zero attached hydrogens (tertiary/aromatic N) is 2. The van der Waals surface area contributed by atoms with E-state index in [0.29, 0.717) is 34.9 Å². The van der Waals surface area contributed by atoms with E-state index in [4.69, 9.17) is 16.3 Å². The fraction of sp³-hybridized carbons (Fsp3) is 0.533. The number of hydrogen-bond acceptors (Lipinski definition) is 3. The lowest BCUT2D eigenvalue weighted by molar-refractivity contribution is 0.108. The minimum atomic E-state index is 0.345. The van der Waals surface area contributed by atoms with E-state index < -0.39 is 0 Å². The van der Waals surface area contributed by atoms with E-state index in [1.54, 1.807) is 12.1 Å². The minimum absolute atomic E-state index is 0.345. The van der Waals surface area contributed by atoms with Crippen molar-refractivity contribution in [1.29, 1.82) is 5.26 Å². The van der Waals surface area contributed by atoms with Crippen LogP contribution >= 0.6 is 11.6 Å². The number of rotatable bonds is 4. The molecule has 1 saturated heterocycles. The van der Waals surface area contributed by atoms with Crippen LogP contribution in [0.15, 0.2) is 12.1 Å². The van der Waals surface area contributed by atoms with Crippen molar-refractivity contribution in [2.24, 2.45) is 0 Å². The molecule has 0 bridgehead atoms. The van der Waals surface area contributed by atoms with Crippen LogP contribution in [0.25, 0.3) is 0 Å². The quantitative estimate of drug-likeness (QED) is 0.847. The van der Waals surface area contributed by atoms with Crippen molar-refractivity contribution in [2.45, 2.75) is 32.7 Å². The Morgan fingerprint density at radius 1 is 1.47 bits per heavy atom. The molecule has 1 fully saturated rings. The smallest absolute Gasteiger partial charge is 0.142 e.